The molecule has 1 aliphatic rings. The van der Waals surface area contributed by atoms with Gasteiger partial charge in [-0.25, -0.2) is 0 Å². The minimum atomic E-state index is -0.828. The van der Waals surface area contributed by atoms with Gasteiger partial charge in [-0.15, -0.1) is 11.3 Å². The topological polar surface area (TPSA) is 58.2 Å². The lowest BCUT2D eigenvalue weighted by Gasteiger charge is -2.32. The SMILES string of the molecule is CC[C@@](C)(NC(=O)Cc1cccs1)C(=O)NC1CCCCC1. The average Bonchev–Trinajstić information content (AvgIpc) is 3.00. The molecule has 0 unspecified atom stereocenters. The largest absolute Gasteiger partial charge is 0.351 e. The molecule has 0 bridgehead atoms. The molecule has 0 radical (unpaired) electrons. The third kappa shape index (κ3) is 4.57. The molecular weight excluding hydrogens is 296 g/mol. The first-order chi connectivity index (χ1) is 10.5. The van der Waals surface area contributed by atoms with E-state index in [1.54, 1.807) is 11.3 Å². The fraction of sp³-hybridized carbons (Fsp3) is 0.647. The zero-order chi connectivity index (χ0) is 16.0. The molecule has 4 nitrogen and oxygen atoms in total. The van der Waals surface area contributed by atoms with Gasteiger partial charge in [0.1, 0.15) is 5.54 Å². The maximum atomic E-state index is 12.6. The second kappa shape index (κ2) is 7.77. The summed E-state index contributed by atoms with van der Waals surface area (Å²) in [5.41, 5.74) is -0.828. The average molecular weight is 322 g/mol. The highest BCUT2D eigenvalue weighted by atomic mass is 32.1. The molecule has 0 spiro atoms. The van der Waals surface area contributed by atoms with Crippen LogP contribution in [0.4, 0.5) is 0 Å². The Morgan fingerprint density at radius 3 is 2.64 bits per heavy atom. The van der Waals surface area contributed by atoms with Crippen LogP contribution in [0.5, 0.6) is 0 Å². The van der Waals surface area contributed by atoms with Crippen molar-refractivity contribution in [3.05, 3.63) is 22.4 Å². The zero-order valence-electron chi connectivity index (χ0n) is 13.5. The molecule has 1 atom stereocenters. The number of carbonyl (C=O) groups is 2. The highest BCUT2D eigenvalue weighted by molar-refractivity contribution is 7.10. The quantitative estimate of drug-likeness (QED) is 0.846. The van der Waals surface area contributed by atoms with Crippen LogP contribution in [0, 0.1) is 0 Å². The molecule has 2 amide bonds. The zero-order valence-corrected chi connectivity index (χ0v) is 14.3. The second-order valence-corrected chi connectivity index (χ2v) is 7.33. The lowest BCUT2D eigenvalue weighted by molar-refractivity contribution is -0.133. The van der Waals surface area contributed by atoms with Gasteiger partial charge in [-0.05, 0) is 37.6 Å². The van der Waals surface area contributed by atoms with E-state index in [-0.39, 0.29) is 17.9 Å². The summed E-state index contributed by atoms with van der Waals surface area (Å²) >= 11 is 1.56. The highest BCUT2D eigenvalue weighted by Gasteiger charge is 2.34. The van der Waals surface area contributed by atoms with E-state index in [0.717, 1.165) is 17.7 Å². The van der Waals surface area contributed by atoms with Gasteiger partial charge in [0.2, 0.25) is 11.8 Å². The molecule has 5 heteroatoms. The molecule has 22 heavy (non-hydrogen) atoms. The van der Waals surface area contributed by atoms with Crippen molar-refractivity contribution in [3.63, 3.8) is 0 Å². The Morgan fingerprint density at radius 2 is 2.05 bits per heavy atom. The van der Waals surface area contributed by atoms with E-state index in [1.807, 2.05) is 31.4 Å². The number of hydrogen-bond acceptors (Lipinski definition) is 3. The first-order valence-corrected chi connectivity index (χ1v) is 9.06. The summed E-state index contributed by atoms with van der Waals surface area (Å²) in [6.45, 7) is 3.75. The molecule has 1 saturated carbocycles. The van der Waals surface area contributed by atoms with Crippen LogP contribution in [-0.2, 0) is 16.0 Å². The van der Waals surface area contributed by atoms with Crippen molar-refractivity contribution in [1.82, 2.24) is 10.6 Å². The van der Waals surface area contributed by atoms with Crippen molar-refractivity contribution in [3.8, 4) is 0 Å². The Balaban J connectivity index is 1.91. The lowest BCUT2D eigenvalue weighted by atomic mass is 9.92. The van der Waals surface area contributed by atoms with Crippen LogP contribution >= 0.6 is 11.3 Å². The lowest BCUT2D eigenvalue weighted by Crippen LogP contribution is -2.58. The number of rotatable bonds is 6. The number of nitrogens with one attached hydrogen (secondary N) is 2. The van der Waals surface area contributed by atoms with Crippen molar-refractivity contribution in [2.24, 2.45) is 0 Å². The van der Waals surface area contributed by atoms with Crippen LogP contribution in [0.25, 0.3) is 0 Å². The number of carbonyl (C=O) groups excluding carboxylic acids is 2. The molecule has 0 saturated heterocycles. The van der Waals surface area contributed by atoms with Crippen molar-refractivity contribution in [1.29, 1.82) is 0 Å². The van der Waals surface area contributed by atoms with Gasteiger partial charge >= 0.3 is 0 Å². The number of hydrogen-bond donors (Lipinski definition) is 2. The molecule has 2 N–H and O–H groups in total. The van der Waals surface area contributed by atoms with Gasteiger partial charge in [0.05, 0.1) is 6.42 Å². The van der Waals surface area contributed by atoms with Crippen LogP contribution in [0.1, 0.15) is 57.2 Å². The van der Waals surface area contributed by atoms with E-state index in [2.05, 4.69) is 10.6 Å². The van der Waals surface area contributed by atoms with Crippen molar-refractivity contribution in [2.75, 3.05) is 0 Å². The van der Waals surface area contributed by atoms with Crippen LogP contribution < -0.4 is 10.6 Å². The van der Waals surface area contributed by atoms with Gasteiger partial charge in [-0.2, -0.15) is 0 Å². The van der Waals surface area contributed by atoms with Crippen LogP contribution in [0.15, 0.2) is 17.5 Å². The summed E-state index contributed by atoms with van der Waals surface area (Å²) in [7, 11) is 0. The molecule has 1 fully saturated rings. The molecule has 1 aliphatic carbocycles. The van der Waals surface area contributed by atoms with Gasteiger partial charge in [-0.1, -0.05) is 32.3 Å². The van der Waals surface area contributed by atoms with Gasteiger partial charge in [0, 0.05) is 10.9 Å². The van der Waals surface area contributed by atoms with Crippen LogP contribution in [0.3, 0.4) is 0 Å². The maximum absolute atomic E-state index is 12.6. The summed E-state index contributed by atoms with van der Waals surface area (Å²) in [5.74, 6) is -0.146. The van der Waals surface area contributed by atoms with Crippen LogP contribution in [-0.4, -0.2) is 23.4 Å². The Morgan fingerprint density at radius 1 is 1.32 bits per heavy atom. The fourth-order valence-corrected chi connectivity index (χ4v) is 3.52. The summed E-state index contributed by atoms with van der Waals surface area (Å²) in [6, 6.07) is 4.14. The molecule has 122 valence electrons. The molecule has 0 aliphatic heterocycles. The van der Waals surface area contributed by atoms with Crippen molar-refractivity contribution < 1.29 is 9.59 Å². The Hall–Kier alpha value is -1.36. The van der Waals surface area contributed by atoms with Crippen molar-refractivity contribution >= 4 is 23.2 Å². The minimum absolute atomic E-state index is 0.0542. The molecule has 0 aromatic carbocycles. The summed E-state index contributed by atoms with van der Waals surface area (Å²) in [4.78, 5) is 25.8. The molecule has 1 aromatic rings. The summed E-state index contributed by atoms with van der Waals surface area (Å²) < 4.78 is 0. The van der Waals surface area contributed by atoms with Gasteiger partial charge in [-0.3, -0.25) is 9.59 Å². The Labute approximate surface area is 136 Å². The predicted molar refractivity (Wildman–Crippen MR) is 89.9 cm³/mol. The standard InChI is InChI=1S/C17H26N2O2S/c1-3-17(2,16(21)18-13-8-5-4-6-9-13)19-15(20)12-14-10-7-11-22-14/h7,10-11,13H,3-6,8-9,12H2,1-2H3,(H,18,21)(H,19,20)/t17-/m1/s1. The monoisotopic (exact) mass is 322 g/mol. The third-order valence-electron chi connectivity index (χ3n) is 4.48. The highest BCUT2D eigenvalue weighted by Crippen LogP contribution is 2.19. The maximum Gasteiger partial charge on any atom is 0.245 e. The van der Waals surface area contributed by atoms with E-state index in [1.165, 1.54) is 19.3 Å². The summed E-state index contributed by atoms with van der Waals surface area (Å²) in [6.07, 6.45) is 6.64. The predicted octanol–water partition coefficient (Wildman–Crippen LogP) is 3.02. The van der Waals surface area contributed by atoms with E-state index in [4.69, 9.17) is 0 Å². The van der Waals surface area contributed by atoms with Gasteiger partial charge in [0.15, 0.2) is 0 Å². The first kappa shape index (κ1) is 17.0. The minimum Gasteiger partial charge on any atom is -0.351 e. The van der Waals surface area contributed by atoms with E-state index < -0.39 is 5.54 Å². The summed E-state index contributed by atoms with van der Waals surface area (Å²) in [5, 5.41) is 8.01. The van der Waals surface area contributed by atoms with Crippen molar-refractivity contribution in [2.45, 2.75) is 70.4 Å². The Bertz CT molecular complexity index is 495. The van der Waals surface area contributed by atoms with Gasteiger partial charge < -0.3 is 10.6 Å². The number of thiophene rings is 1. The van der Waals surface area contributed by atoms with E-state index >= 15 is 0 Å². The Kier molecular flexibility index (Phi) is 6.00. The molecule has 2 rings (SSSR count). The first-order valence-electron chi connectivity index (χ1n) is 8.18. The normalized spacial score (nSPS) is 18.5. The molecular formula is C17H26N2O2S. The van der Waals surface area contributed by atoms with Gasteiger partial charge in [0.25, 0.3) is 0 Å². The van der Waals surface area contributed by atoms with Crippen LogP contribution in [0.2, 0.25) is 0 Å². The molecule has 1 heterocycles. The fourth-order valence-electron chi connectivity index (χ4n) is 2.82. The smallest absolute Gasteiger partial charge is 0.245 e. The number of amides is 2. The molecule has 1 aromatic heterocycles. The van der Waals surface area contributed by atoms with E-state index in [0.29, 0.717) is 12.8 Å². The second-order valence-electron chi connectivity index (χ2n) is 6.30. The van der Waals surface area contributed by atoms with E-state index in [9.17, 15) is 9.59 Å². The third-order valence-corrected chi connectivity index (χ3v) is 5.36.